The molecule has 116 valence electrons. The van der Waals surface area contributed by atoms with Crippen LogP contribution in [-0.4, -0.2) is 29.1 Å². The third-order valence-corrected chi connectivity index (χ3v) is 5.24. The molecule has 1 aromatic carbocycles. The van der Waals surface area contributed by atoms with Gasteiger partial charge in [0.25, 0.3) is 0 Å². The lowest BCUT2D eigenvalue weighted by Crippen LogP contribution is -2.30. The number of amides is 1. The first-order valence-electron chi connectivity index (χ1n) is 7.03. The average Bonchev–Trinajstić information content (AvgIpc) is 2.46. The fourth-order valence-electron chi connectivity index (χ4n) is 2.38. The molecule has 1 aliphatic heterocycles. The van der Waals surface area contributed by atoms with Crippen molar-refractivity contribution in [1.82, 2.24) is 5.32 Å². The third kappa shape index (κ3) is 5.37. The lowest BCUT2D eigenvalue weighted by molar-refractivity contribution is -0.122. The summed E-state index contributed by atoms with van der Waals surface area (Å²) in [5, 5.41) is 13.8. The molecule has 1 aromatic rings. The largest absolute Gasteiger partial charge is 0.387 e. The van der Waals surface area contributed by atoms with Crippen LogP contribution in [0.1, 0.15) is 30.9 Å². The van der Waals surface area contributed by atoms with Gasteiger partial charge in [0.05, 0.1) is 6.10 Å². The standard InChI is InChI=1S/C15H19Cl2NO2S/c16-11-1-2-12(13(17)8-11)14(19)9-18-15(20)7-10-3-5-21-6-4-10/h1-2,8,10,14,19H,3-7,9H2,(H,18,20). The Morgan fingerprint density at radius 2 is 2.10 bits per heavy atom. The topological polar surface area (TPSA) is 49.3 Å². The molecule has 1 unspecified atom stereocenters. The molecule has 2 rings (SSSR count). The fourth-order valence-corrected chi connectivity index (χ4v) is 4.12. The van der Waals surface area contributed by atoms with Crippen molar-refractivity contribution in [2.24, 2.45) is 5.92 Å². The maximum Gasteiger partial charge on any atom is 0.220 e. The summed E-state index contributed by atoms with van der Waals surface area (Å²) >= 11 is 13.8. The van der Waals surface area contributed by atoms with Gasteiger partial charge in [-0.15, -0.1) is 0 Å². The van der Waals surface area contributed by atoms with Crippen LogP contribution in [0.5, 0.6) is 0 Å². The molecule has 21 heavy (non-hydrogen) atoms. The fraction of sp³-hybridized carbons (Fsp3) is 0.533. The Labute approximate surface area is 139 Å². The summed E-state index contributed by atoms with van der Waals surface area (Å²) in [6.45, 7) is 0.168. The van der Waals surface area contributed by atoms with Crippen LogP contribution < -0.4 is 5.32 Å². The Bertz CT molecular complexity index is 493. The van der Waals surface area contributed by atoms with Crippen LogP contribution in [0.15, 0.2) is 18.2 Å². The summed E-state index contributed by atoms with van der Waals surface area (Å²) in [7, 11) is 0. The molecule has 1 amide bonds. The predicted octanol–water partition coefficient (Wildman–Crippen LogP) is 3.68. The van der Waals surface area contributed by atoms with Crippen molar-refractivity contribution >= 4 is 40.9 Å². The van der Waals surface area contributed by atoms with Gasteiger partial charge in [-0.05, 0) is 42.4 Å². The lowest BCUT2D eigenvalue weighted by Gasteiger charge is -2.21. The minimum absolute atomic E-state index is 0.00367. The van der Waals surface area contributed by atoms with E-state index in [0.717, 1.165) is 24.3 Å². The molecule has 0 radical (unpaired) electrons. The van der Waals surface area contributed by atoms with Crippen LogP contribution in [0.3, 0.4) is 0 Å². The van der Waals surface area contributed by atoms with Crippen LogP contribution >= 0.6 is 35.0 Å². The van der Waals surface area contributed by atoms with Gasteiger partial charge in [0.15, 0.2) is 0 Å². The van der Waals surface area contributed by atoms with Gasteiger partial charge < -0.3 is 10.4 Å². The number of aliphatic hydroxyl groups excluding tert-OH is 1. The monoisotopic (exact) mass is 347 g/mol. The maximum absolute atomic E-state index is 11.9. The second kappa shape index (κ2) is 8.28. The Balaban J connectivity index is 1.80. The molecule has 0 spiro atoms. The van der Waals surface area contributed by atoms with Gasteiger partial charge in [-0.25, -0.2) is 0 Å². The second-order valence-electron chi connectivity index (χ2n) is 5.25. The number of carbonyl (C=O) groups excluding carboxylic acids is 1. The molecule has 1 saturated heterocycles. The average molecular weight is 348 g/mol. The van der Waals surface area contributed by atoms with E-state index in [4.69, 9.17) is 23.2 Å². The lowest BCUT2D eigenvalue weighted by atomic mass is 9.98. The summed E-state index contributed by atoms with van der Waals surface area (Å²) in [5.74, 6) is 2.75. The van der Waals surface area contributed by atoms with Gasteiger partial charge >= 0.3 is 0 Å². The van der Waals surface area contributed by atoms with Crippen molar-refractivity contribution in [3.8, 4) is 0 Å². The van der Waals surface area contributed by atoms with Crippen molar-refractivity contribution < 1.29 is 9.90 Å². The van der Waals surface area contributed by atoms with Gasteiger partial charge in [0, 0.05) is 28.6 Å². The molecule has 1 aliphatic rings. The van der Waals surface area contributed by atoms with Gasteiger partial charge in [-0.3, -0.25) is 4.79 Å². The minimum atomic E-state index is -0.819. The smallest absolute Gasteiger partial charge is 0.220 e. The van der Waals surface area contributed by atoms with E-state index in [2.05, 4.69) is 5.32 Å². The molecule has 2 N–H and O–H groups in total. The van der Waals surface area contributed by atoms with E-state index in [-0.39, 0.29) is 12.5 Å². The Kier molecular flexibility index (Phi) is 6.68. The summed E-state index contributed by atoms with van der Waals surface area (Å²) in [4.78, 5) is 11.9. The van der Waals surface area contributed by atoms with Crippen LogP contribution in [0.2, 0.25) is 10.0 Å². The molecule has 0 aromatic heterocycles. The van der Waals surface area contributed by atoms with Gasteiger partial charge in [-0.2, -0.15) is 11.8 Å². The first-order valence-corrected chi connectivity index (χ1v) is 8.95. The van der Waals surface area contributed by atoms with E-state index < -0.39 is 6.10 Å². The van der Waals surface area contributed by atoms with Crippen LogP contribution in [-0.2, 0) is 4.79 Å². The predicted molar refractivity (Wildman–Crippen MR) is 89.1 cm³/mol. The number of hydrogen-bond donors (Lipinski definition) is 2. The molecule has 0 bridgehead atoms. The molecule has 0 aliphatic carbocycles. The SMILES string of the molecule is O=C(CC1CCSCC1)NCC(O)c1ccc(Cl)cc1Cl. The van der Waals surface area contributed by atoms with E-state index in [1.54, 1.807) is 18.2 Å². The number of halogens is 2. The van der Waals surface area contributed by atoms with Gasteiger partial charge in [0.1, 0.15) is 0 Å². The second-order valence-corrected chi connectivity index (χ2v) is 7.31. The van der Waals surface area contributed by atoms with E-state index >= 15 is 0 Å². The Morgan fingerprint density at radius 1 is 1.38 bits per heavy atom. The number of rotatable bonds is 5. The van der Waals surface area contributed by atoms with Crippen LogP contribution in [0, 0.1) is 5.92 Å². The van der Waals surface area contributed by atoms with Gasteiger partial charge in [-0.1, -0.05) is 29.3 Å². The van der Waals surface area contributed by atoms with Crippen molar-refractivity contribution in [1.29, 1.82) is 0 Å². The van der Waals surface area contributed by atoms with Crippen molar-refractivity contribution in [2.45, 2.75) is 25.4 Å². The van der Waals surface area contributed by atoms with Crippen molar-refractivity contribution in [3.63, 3.8) is 0 Å². The summed E-state index contributed by atoms with van der Waals surface area (Å²) in [6.07, 6.45) is 1.93. The number of aliphatic hydroxyl groups is 1. The molecule has 0 saturated carbocycles. The zero-order chi connectivity index (χ0) is 15.2. The highest BCUT2D eigenvalue weighted by molar-refractivity contribution is 7.99. The first-order chi connectivity index (χ1) is 10.1. The third-order valence-electron chi connectivity index (χ3n) is 3.63. The maximum atomic E-state index is 11.9. The van der Waals surface area contributed by atoms with Crippen LogP contribution in [0.25, 0.3) is 0 Å². The molecular formula is C15H19Cl2NO2S. The molecule has 6 heteroatoms. The Morgan fingerprint density at radius 3 is 2.76 bits per heavy atom. The number of thioether (sulfide) groups is 1. The summed E-state index contributed by atoms with van der Waals surface area (Å²) < 4.78 is 0. The van der Waals surface area contributed by atoms with E-state index in [1.807, 2.05) is 11.8 Å². The van der Waals surface area contributed by atoms with E-state index in [0.29, 0.717) is 27.9 Å². The zero-order valence-corrected chi connectivity index (χ0v) is 14.0. The molecular weight excluding hydrogens is 329 g/mol. The number of carbonyl (C=O) groups is 1. The van der Waals surface area contributed by atoms with Crippen LogP contribution in [0.4, 0.5) is 0 Å². The number of nitrogens with one attached hydrogen (secondary N) is 1. The quantitative estimate of drug-likeness (QED) is 0.854. The molecule has 1 heterocycles. The van der Waals surface area contributed by atoms with Crippen molar-refractivity contribution in [3.05, 3.63) is 33.8 Å². The minimum Gasteiger partial charge on any atom is -0.387 e. The van der Waals surface area contributed by atoms with E-state index in [1.165, 1.54) is 0 Å². The number of hydrogen-bond acceptors (Lipinski definition) is 3. The molecule has 1 fully saturated rings. The Hall–Kier alpha value is -0.420. The zero-order valence-electron chi connectivity index (χ0n) is 11.6. The summed E-state index contributed by atoms with van der Waals surface area (Å²) in [5.41, 5.74) is 0.579. The number of benzene rings is 1. The van der Waals surface area contributed by atoms with Crippen molar-refractivity contribution in [2.75, 3.05) is 18.1 Å². The molecule has 3 nitrogen and oxygen atoms in total. The van der Waals surface area contributed by atoms with E-state index in [9.17, 15) is 9.90 Å². The highest BCUT2D eigenvalue weighted by Gasteiger charge is 2.18. The first kappa shape index (κ1) is 16.9. The summed E-state index contributed by atoms with van der Waals surface area (Å²) in [6, 6.07) is 4.94. The molecule has 1 atom stereocenters. The highest BCUT2D eigenvalue weighted by atomic mass is 35.5. The highest BCUT2D eigenvalue weighted by Crippen LogP contribution is 2.27. The van der Waals surface area contributed by atoms with Gasteiger partial charge in [0.2, 0.25) is 5.91 Å². The normalized spacial score (nSPS) is 17.5.